The van der Waals surface area contributed by atoms with Gasteiger partial charge in [-0.2, -0.15) is 0 Å². The minimum Gasteiger partial charge on any atom is -0.494 e. The lowest BCUT2D eigenvalue weighted by Crippen LogP contribution is -2.11. The first-order valence-corrected chi connectivity index (χ1v) is 9.95. The summed E-state index contributed by atoms with van der Waals surface area (Å²) in [5, 5.41) is 4.12. The SMILES string of the molecule is COc1cc(-c2ccc(F)c(F)c2)cc2c(NCC(C)C)nc(-c3cccnc3)nc12. The summed E-state index contributed by atoms with van der Waals surface area (Å²) in [6.45, 7) is 4.91. The van der Waals surface area contributed by atoms with Crippen LogP contribution >= 0.6 is 0 Å². The summed E-state index contributed by atoms with van der Waals surface area (Å²) in [4.78, 5) is 13.6. The molecule has 0 spiro atoms. The number of hydrogen-bond donors (Lipinski definition) is 1. The highest BCUT2D eigenvalue weighted by Gasteiger charge is 2.16. The summed E-state index contributed by atoms with van der Waals surface area (Å²) in [7, 11) is 1.55. The van der Waals surface area contributed by atoms with Gasteiger partial charge in [0.15, 0.2) is 17.5 Å². The molecule has 2 heterocycles. The summed E-state index contributed by atoms with van der Waals surface area (Å²) in [5.41, 5.74) is 2.61. The molecule has 0 atom stereocenters. The van der Waals surface area contributed by atoms with Crippen molar-refractivity contribution < 1.29 is 13.5 Å². The van der Waals surface area contributed by atoms with Crippen molar-refractivity contribution >= 4 is 16.7 Å². The topological polar surface area (TPSA) is 59.9 Å². The van der Waals surface area contributed by atoms with Crippen LogP contribution in [0.15, 0.2) is 54.9 Å². The molecule has 0 aliphatic carbocycles. The standard InChI is InChI=1S/C24H22F2N4O/c1-14(2)12-28-24-18-9-17(15-6-7-19(25)20(26)10-15)11-21(31-3)22(18)29-23(30-24)16-5-4-8-27-13-16/h4-11,13-14H,12H2,1-3H3,(H,28,29,30). The molecule has 1 N–H and O–H groups in total. The summed E-state index contributed by atoms with van der Waals surface area (Å²) < 4.78 is 32.9. The van der Waals surface area contributed by atoms with Crippen LogP contribution in [0.2, 0.25) is 0 Å². The Labute approximate surface area is 179 Å². The number of pyridine rings is 1. The van der Waals surface area contributed by atoms with E-state index < -0.39 is 11.6 Å². The van der Waals surface area contributed by atoms with Crippen LogP contribution in [0, 0.1) is 17.6 Å². The summed E-state index contributed by atoms with van der Waals surface area (Å²) >= 11 is 0. The third-order valence-electron chi connectivity index (χ3n) is 4.84. The van der Waals surface area contributed by atoms with Gasteiger partial charge in [0.1, 0.15) is 17.1 Å². The fraction of sp³-hybridized carbons (Fsp3) is 0.208. The molecule has 4 aromatic rings. The average molecular weight is 420 g/mol. The number of methoxy groups -OCH3 is 1. The lowest BCUT2D eigenvalue weighted by Gasteiger charge is -2.15. The van der Waals surface area contributed by atoms with E-state index in [9.17, 15) is 8.78 Å². The van der Waals surface area contributed by atoms with Crippen molar-refractivity contribution in [1.29, 1.82) is 0 Å². The highest BCUT2D eigenvalue weighted by Crippen LogP contribution is 2.36. The van der Waals surface area contributed by atoms with Crippen LogP contribution in [0.5, 0.6) is 5.75 Å². The number of ether oxygens (including phenoxy) is 1. The van der Waals surface area contributed by atoms with Gasteiger partial charge in [-0.3, -0.25) is 4.98 Å². The number of benzene rings is 2. The van der Waals surface area contributed by atoms with Crippen molar-refractivity contribution in [3.8, 4) is 28.3 Å². The number of fused-ring (bicyclic) bond motifs is 1. The zero-order valence-electron chi connectivity index (χ0n) is 17.5. The Balaban J connectivity index is 1.95. The number of rotatable bonds is 6. The summed E-state index contributed by atoms with van der Waals surface area (Å²) in [6, 6.07) is 11.2. The first-order valence-electron chi connectivity index (χ1n) is 9.95. The molecule has 4 rings (SSSR count). The van der Waals surface area contributed by atoms with Crippen LogP contribution < -0.4 is 10.1 Å². The van der Waals surface area contributed by atoms with Gasteiger partial charge in [-0.25, -0.2) is 18.7 Å². The number of hydrogen-bond acceptors (Lipinski definition) is 5. The van der Waals surface area contributed by atoms with Crippen LogP contribution in [0.1, 0.15) is 13.8 Å². The first-order chi connectivity index (χ1) is 15.0. The van der Waals surface area contributed by atoms with Crippen LogP contribution in [0.25, 0.3) is 33.4 Å². The highest BCUT2D eigenvalue weighted by atomic mass is 19.2. The Bertz CT molecular complexity index is 1230. The zero-order chi connectivity index (χ0) is 22.0. The number of halogens is 2. The Morgan fingerprint density at radius 3 is 2.48 bits per heavy atom. The maximum atomic E-state index is 13.8. The molecule has 2 aromatic carbocycles. The molecule has 7 heteroatoms. The minimum absolute atomic E-state index is 0.392. The van der Waals surface area contributed by atoms with Crippen molar-refractivity contribution in [2.24, 2.45) is 5.92 Å². The second-order valence-electron chi connectivity index (χ2n) is 7.62. The third kappa shape index (κ3) is 4.30. The van der Waals surface area contributed by atoms with E-state index >= 15 is 0 Å². The molecule has 0 saturated carbocycles. The zero-order valence-corrected chi connectivity index (χ0v) is 17.5. The Morgan fingerprint density at radius 1 is 0.968 bits per heavy atom. The fourth-order valence-electron chi connectivity index (χ4n) is 3.26. The van der Waals surface area contributed by atoms with E-state index in [-0.39, 0.29) is 0 Å². The second-order valence-corrected chi connectivity index (χ2v) is 7.62. The van der Waals surface area contributed by atoms with Gasteiger partial charge in [0, 0.05) is 29.9 Å². The molecule has 2 aromatic heterocycles. The van der Waals surface area contributed by atoms with Gasteiger partial charge >= 0.3 is 0 Å². The van der Waals surface area contributed by atoms with E-state index in [1.807, 2.05) is 18.2 Å². The Kier molecular flexibility index (Phi) is 5.75. The highest BCUT2D eigenvalue weighted by molar-refractivity contribution is 5.97. The van der Waals surface area contributed by atoms with Gasteiger partial charge in [-0.1, -0.05) is 19.9 Å². The smallest absolute Gasteiger partial charge is 0.163 e. The van der Waals surface area contributed by atoms with Gasteiger partial charge in [-0.15, -0.1) is 0 Å². The van der Waals surface area contributed by atoms with Gasteiger partial charge < -0.3 is 10.1 Å². The van der Waals surface area contributed by atoms with Gasteiger partial charge in [0.25, 0.3) is 0 Å². The average Bonchev–Trinajstić information content (AvgIpc) is 2.78. The largest absolute Gasteiger partial charge is 0.494 e. The van der Waals surface area contributed by atoms with E-state index in [0.717, 1.165) is 17.0 Å². The molecule has 0 radical (unpaired) electrons. The Morgan fingerprint density at radius 2 is 1.81 bits per heavy atom. The molecule has 0 fully saturated rings. The van der Waals surface area contributed by atoms with Crippen LogP contribution in [-0.2, 0) is 0 Å². The number of nitrogens with one attached hydrogen (secondary N) is 1. The quantitative estimate of drug-likeness (QED) is 0.433. The normalized spacial score (nSPS) is 11.2. The number of nitrogens with zero attached hydrogens (tertiary/aromatic N) is 3. The Hall–Kier alpha value is -3.61. The third-order valence-corrected chi connectivity index (χ3v) is 4.84. The maximum absolute atomic E-state index is 13.8. The molecule has 31 heavy (non-hydrogen) atoms. The van der Waals surface area contributed by atoms with Crippen molar-refractivity contribution in [3.63, 3.8) is 0 Å². The van der Waals surface area contributed by atoms with E-state index in [1.54, 1.807) is 25.6 Å². The van der Waals surface area contributed by atoms with Crippen molar-refractivity contribution in [2.75, 3.05) is 19.0 Å². The van der Waals surface area contributed by atoms with Crippen molar-refractivity contribution in [3.05, 3.63) is 66.5 Å². The predicted octanol–water partition coefficient (Wildman–Crippen LogP) is 5.71. The molecule has 158 valence electrons. The monoisotopic (exact) mass is 420 g/mol. The molecule has 0 saturated heterocycles. The van der Waals surface area contributed by atoms with Gasteiger partial charge in [0.05, 0.1) is 7.11 Å². The molecular formula is C24H22F2N4O. The molecule has 0 amide bonds. The van der Waals surface area contributed by atoms with Gasteiger partial charge in [0.2, 0.25) is 0 Å². The number of aromatic nitrogens is 3. The second kappa shape index (κ2) is 8.63. The van der Waals surface area contributed by atoms with Crippen LogP contribution in [0.4, 0.5) is 14.6 Å². The minimum atomic E-state index is -0.905. The molecule has 0 aliphatic rings. The number of anilines is 1. The lowest BCUT2D eigenvalue weighted by atomic mass is 10.0. The summed E-state index contributed by atoms with van der Waals surface area (Å²) in [5.74, 6) is 0.268. The lowest BCUT2D eigenvalue weighted by molar-refractivity contribution is 0.419. The molecule has 5 nitrogen and oxygen atoms in total. The van der Waals surface area contributed by atoms with Crippen molar-refractivity contribution in [2.45, 2.75) is 13.8 Å². The van der Waals surface area contributed by atoms with E-state index in [0.29, 0.717) is 46.5 Å². The van der Waals surface area contributed by atoms with Gasteiger partial charge in [-0.05, 0) is 53.4 Å². The first kappa shape index (κ1) is 20.7. The van der Waals surface area contributed by atoms with Crippen LogP contribution in [0.3, 0.4) is 0 Å². The molecule has 0 aliphatic heterocycles. The maximum Gasteiger partial charge on any atom is 0.163 e. The van der Waals surface area contributed by atoms with E-state index in [4.69, 9.17) is 14.7 Å². The summed E-state index contributed by atoms with van der Waals surface area (Å²) in [6.07, 6.45) is 3.40. The fourth-order valence-corrected chi connectivity index (χ4v) is 3.26. The van der Waals surface area contributed by atoms with Crippen molar-refractivity contribution in [1.82, 2.24) is 15.0 Å². The molecule has 0 unspecified atom stereocenters. The van der Waals surface area contributed by atoms with E-state index in [1.165, 1.54) is 12.1 Å². The molecule has 0 bridgehead atoms. The predicted molar refractivity (Wildman–Crippen MR) is 118 cm³/mol. The van der Waals surface area contributed by atoms with E-state index in [2.05, 4.69) is 24.1 Å². The van der Waals surface area contributed by atoms with Crippen LogP contribution in [-0.4, -0.2) is 28.6 Å². The molecular weight excluding hydrogens is 398 g/mol.